The van der Waals surface area contributed by atoms with Crippen LogP contribution in [0.2, 0.25) is 0 Å². The van der Waals surface area contributed by atoms with Crippen LogP contribution in [0, 0.1) is 0 Å². The summed E-state index contributed by atoms with van der Waals surface area (Å²) in [6, 6.07) is 0. The van der Waals surface area contributed by atoms with E-state index >= 15 is 0 Å². The molecule has 0 rings (SSSR count). The second-order valence-electron chi connectivity index (χ2n) is 3.23. The maximum atomic E-state index is 10.8. The van der Waals surface area contributed by atoms with E-state index < -0.39 is 14.9 Å². The Morgan fingerprint density at radius 1 is 1.06 bits per heavy atom. The SMILES string of the molecule is CCO[Si](CON(CC)C(=O)O)(OCC)OCC. The van der Waals surface area contributed by atoms with E-state index in [4.69, 9.17) is 23.2 Å². The summed E-state index contributed by atoms with van der Waals surface area (Å²) in [7, 11) is -2.95. The third kappa shape index (κ3) is 5.78. The van der Waals surface area contributed by atoms with Crippen molar-refractivity contribution in [2.75, 3.05) is 32.6 Å². The van der Waals surface area contributed by atoms with Crippen LogP contribution in [-0.4, -0.2) is 57.7 Å². The molecule has 1 amide bonds. The zero-order chi connectivity index (χ0) is 14.0. The molecule has 0 aliphatic rings. The van der Waals surface area contributed by atoms with Crippen molar-refractivity contribution in [3.8, 4) is 0 Å². The number of hydrogen-bond acceptors (Lipinski definition) is 5. The van der Waals surface area contributed by atoms with Crippen molar-refractivity contribution in [2.45, 2.75) is 27.7 Å². The van der Waals surface area contributed by atoms with Crippen LogP contribution in [0.4, 0.5) is 4.79 Å². The fraction of sp³-hybridized carbons (Fsp3) is 0.900. The number of hydroxylamine groups is 2. The van der Waals surface area contributed by atoms with Gasteiger partial charge >= 0.3 is 14.9 Å². The fourth-order valence-corrected chi connectivity index (χ4v) is 3.48. The number of rotatable bonds is 10. The minimum atomic E-state index is -2.95. The molecule has 0 spiro atoms. The monoisotopic (exact) mass is 281 g/mol. The third-order valence-corrected chi connectivity index (χ3v) is 4.66. The van der Waals surface area contributed by atoms with Crippen LogP contribution >= 0.6 is 0 Å². The van der Waals surface area contributed by atoms with E-state index in [1.807, 2.05) is 20.8 Å². The summed E-state index contributed by atoms with van der Waals surface area (Å²) < 4.78 is 16.6. The molecule has 0 aliphatic heterocycles. The van der Waals surface area contributed by atoms with Crippen molar-refractivity contribution in [3.63, 3.8) is 0 Å². The highest BCUT2D eigenvalue weighted by molar-refractivity contribution is 6.60. The van der Waals surface area contributed by atoms with Crippen LogP contribution in [-0.2, 0) is 18.1 Å². The van der Waals surface area contributed by atoms with Gasteiger partial charge in [0, 0.05) is 26.4 Å². The van der Waals surface area contributed by atoms with Crippen molar-refractivity contribution < 1.29 is 28.0 Å². The Morgan fingerprint density at radius 2 is 1.50 bits per heavy atom. The van der Waals surface area contributed by atoms with Gasteiger partial charge in [0.15, 0.2) is 0 Å². The number of amides is 1. The minimum absolute atomic E-state index is 0.0112. The highest BCUT2D eigenvalue weighted by Gasteiger charge is 2.42. The van der Waals surface area contributed by atoms with Gasteiger partial charge in [0.05, 0.1) is 0 Å². The number of nitrogens with zero attached hydrogens (tertiary/aromatic N) is 1. The molecule has 0 aromatic carbocycles. The predicted octanol–water partition coefficient (Wildman–Crippen LogP) is 1.51. The lowest BCUT2D eigenvalue weighted by Gasteiger charge is -2.29. The number of hydrogen-bond donors (Lipinski definition) is 1. The van der Waals surface area contributed by atoms with Gasteiger partial charge in [0.25, 0.3) is 0 Å². The summed E-state index contributed by atoms with van der Waals surface area (Å²) in [4.78, 5) is 16.0. The maximum absolute atomic E-state index is 10.8. The Labute approximate surface area is 109 Å². The van der Waals surface area contributed by atoms with E-state index in [1.54, 1.807) is 6.92 Å². The first kappa shape index (κ1) is 17.3. The van der Waals surface area contributed by atoms with Gasteiger partial charge in [0.1, 0.15) is 6.23 Å². The highest BCUT2D eigenvalue weighted by atomic mass is 28.4. The van der Waals surface area contributed by atoms with Gasteiger partial charge in [-0.15, -0.1) is 0 Å². The zero-order valence-electron chi connectivity index (χ0n) is 11.5. The second kappa shape index (κ2) is 9.28. The van der Waals surface area contributed by atoms with Crippen molar-refractivity contribution in [1.29, 1.82) is 0 Å². The summed E-state index contributed by atoms with van der Waals surface area (Å²) >= 11 is 0. The Balaban J connectivity index is 4.58. The topological polar surface area (TPSA) is 77.5 Å². The summed E-state index contributed by atoms with van der Waals surface area (Å²) in [5, 5.41) is 9.69. The van der Waals surface area contributed by atoms with Gasteiger partial charge in [-0.1, -0.05) is 0 Å². The standard InChI is InChI=1S/C10H23NO6Si/c1-5-11(10(12)13)14-9-18(15-6-2,16-7-3)17-8-4/h5-9H2,1-4H3,(H,12,13). The molecule has 0 atom stereocenters. The Bertz CT molecular complexity index is 223. The van der Waals surface area contributed by atoms with E-state index in [2.05, 4.69) is 0 Å². The van der Waals surface area contributed by atoms with E-state index in [-0.39, 0.29) is 12.8 Å². The Morgan fingerprint density at radius 3 is 1.78 bits per heavy atom. The van der Waals surface area contributed by atoms with Gasteiger partial charge in [-0.25, -0.2) is 4.79 Å². The normalized spacial score (nSPS) is 11.6. The van der Waals surface area contributed by atoms with Gasteiger partial charge in [-0.3, -0.25) is 4.84 Å². The first-order valence-corrected chi connectivity index (χ1v) is 8.03. The van der Waals surface area contributed by atoms with Gasteiger partial charge in [0.2, 0.25) is 0 Å². The molecule has 0 heterocycles. The lowest BCUT2D eigenvalue weighted by atomic mass is 10.7. The molecule has 0 saturated heterocycles. The van der Waals surface area contributed by atoms with Crippen LogP contribution in [0.25, 0.3) is 0 Å². The number of carbonyl (C=O) groups is 1. The van der Waals surface area contributed by atoms with Crippen LogP contribution in [0.3, 0.4) is 0 Å². The predicted molar refractivity (Wildman–Crippen MR) is 67.0 cm³/mol. The molecule has 0 aromatic rings. The molecule has 0 aromatic heterocycles. The average molecular weight is 281 g/mol. The molecule has 0 saturated carbocycles. The minimum Gasteiger partial charge on any atom is -0.463 e. The molecular weight excluding hydrogens is 258 g/mol. The first-order valence-electron chi connectivity index (χ1n) is 6.10. The molecule has 0 aliphatic carbocycles. The Kier molecular flexibility index (Phi) is 8.94. The van der Waals surface area contributed by atoms with E-state index in [9.17, 15) is 4.79 Å². The highest BCUT2D eigenvalue weighted by Crippen LogP contribution is 2.11. The quantitative estimate of drug-likeness (QED) is 0.483. The molecule has 8 heteroatoms. The zero-order valence-corrected chi connectivity index (χ0v) is 12.5. The third-order valence-electron chi connectivity index (χ3n) is 1.99. The summed E-state index contributed by atoms with van der Waals surface area (Å²) in [6.07, 6.45) is -1.16. The lowest BCUT2D eigenvalue weighted by Crippen LogP contribution is -2.52. The maximum Gasteiger partial charge on any atom is 0.530 e. The van der Waals surface area contributed by atoms with Crippen molar-refractivity contribution >= 4 is 14.9 Å². The molecule has 1 N–H and O–H groups in total. The van der Waals surface area contributed by atoms with Crippen LogP contribution in [0.5, 0.6) is 0 Å². The summed E-state index contributed by atoms with van der Waals surface area (Å²) in [5.41, 5.74) is 0. The van der Waals surface area contributed by atoms with E-state index in [0.29, 0.717) is 19.8 Å². The first-order chi connectivity index (χ1) is 8.55. The van der Waals surface area contributed by atoms with E-state index in [1.165, 1.54) is 0 Å². The molecule has 0 unspecified atom stereocenters. The average Bonchev–Trinajstić information content (AvgIpc) is 2.30. The summed E-state index contributed by atoms with van der Waals surface area (Å²) in [5.74, 6) is 0. The molecule has 0 bridgehead atoms. The van der Waals surface area contributed by atoms with Crippen LogP contribution in [0.15, 0.2) is 0 Å². The van der Waals surface area contributed by atoms with Crippen molar-refractivity contribution in [3.05, 3.63) is 0 Å². The lowest BCUT2D eigenvalue weighted by molar-refractivity contribution is -0.128. The van der Waals surface area contributed by atoms with Gasteiger partial charge < -0.3 is 18.4 Å². The summed E-state index contributed by atoms with van der Waals surface area (Å²) in [6.45, 7) is 8.67. The smallest absolute Gasteiger partial charge is 0.463 e. The van der Waals surface area contributed by atoms with Crippen molar-refractivity contribution in [1.82, 2.24) is 5.06 Å². The molecule has 18 heavy (non-hydrogen) atoms. The molecule has 0 fully saturated rings. The molecule has 0 radical (unpaired) electrons. The van der Waals surface area contributed by atoms with Crippen LogP contribution < -0.4 is 0 Å². The number of carboxylic acid groups (broad SMARTS) is 1. The molecular formula is C10H23NO6Si. The van der Waals surface area contributed by atoms with Crippen LogP contribution in [0.1, 0.15) is 27.7 Å². The fourth-order valence-electron chi connectivity index (χ4n) is 1.35. The van der Waals surface area contributed by atoms with Gasteiger partial charge in [-0.2, -0.15) is 5.06 Å². The van der Waals surface area contributed by atoms with E-state index in [0.717, 1.165) is 5.06 Å². The largest absolute Gasteiger partial charge is 0.530 e. The van der Waals surface area contributed by atoms with Gasteiger partial charge in [-0.05, 0) is 27.7 Å². The Hall–Kier alpha value is -0.673. The second-order valence-corrected chi connectivity index (χ2v) is 5.75. The molecule has 7 nitrogen and oxygen atoms in total. The molecule has 108 valence electrons. The van der Waals surface area contributed by atoms with Crippen molar-refractivity contribution in [2.24, 2.45) is 0 Å².